The van der Waals surface area contributed by atoms with Gasteiger partial charge in [0.2, 0.25) is 0 Å². The van der Waals surface area contributed by atoms with Gasteiger partial charge in [-0.1, -0.05) is 0 Å². The van der Waals surface area contributed by atoms with E-state index >= 15 is 0 Å². The van der Waals surface area contributed by atoms with Gasteiger partial charge >= 0.3 is 0 Å². The van der Waals surface area contributed by atoms with Crippen molar-refractivity contribution in [2.75, 3.05) is 17.2 Å². The summed E-state index contributed by atoms with van der Waals surface area (Å²) in [5.74, 6) is 0. The fraction of sp³-hybridized carbons (Fsp3) is 0.455. The smallest absolute Gasteiger partial charge is 0.0370 e. The average Bonchev–Trinajstić information content (AvgIpc) is 2.53. The van der Waals surface area contributed by atoms with Crippen molar-refractivity contribution < 1.29 is 0 Å². The molecule has 1 heterocycles. The van der Waals surface area contributed by atoms with E-state index in [-0.39, 0.29) is 0 Å². The number of hydrogen-bond acceptors (Lipinski definition) is 2. The van der Waals surface area contributed by atoms with E-state index in [0.717, 1.165) is 5.69 Å². The summed E-state index contributed by atoms with van der Waals surface area (Å²) in [4.78, 5) is 2.44. The predicted molar refractivity (Wildman–Crippen MR) is 56.9 cm³/mol. The third-order valence-corrected chi connectivity index (χ3v) is 2.78. The van der Waals surface area contributed by atoms with Crippen LogP contribution in [0.2, 0.25) is 0 Å². The van der Waals surface area contributed by atoms with E-state index in [1.165, 1.54) is 25.1 Å². The average molecular weight is 176 g/mol. The Morgan fingerprint density at radius 3 is 2.54 bits per heavy atom. The fourth-order valence-corrected chi connectivity index (χ4v) is 1.98. The van der Waals surface area contributed by atoms with Gasteiger partial charge in [-0.2, -0.15) is 0 Å². The second-order valence-electron chi connectivity index (χ2n) is 3.78. The largest absolute Gasteiger partial charge is 0.399 e. The molecule has 0 spiro atoms. The van der Waals surface area contributed by atoms with Crippen molar-refractivity contribution in [2.45, 2.75) is 25.8 Å². The Kier molecular flexibility index (Phi) is 2.13. The number of rotatable bonds is 1. The van der Waals surface area contributed by atoms with Gasteiger partial charge in [0.1, 0.15) is 0 Å². The van der Waals surface area contributed by atoms with Gasteiger partial charge in [0.15, 0.2) is 0 Å². The first-order valence-corrected chi connectivity index (χ1v) is 4.89. The van der Waals surface area contributed by atoms with Crippen LogP contribution in [-0.2, 0) is 0 Å². The van der Waals surface area contributed by atoms with Gasteiger partial charge in [0.25, 0.3) is 0 Å². The molecule has 13 heavy (non-hydrogen) atoms. The minimum atomic E-state index is 0.684. The molecule has 0 saturated carbocycles. The molecule has 0 amide bonds. The van der Waals surface area contributed by atoms with Crippen LogP contribution in [0.4, 0.5) is 11.4 Å². The lowest BCUT2D eigenvalue weighted by atomic mass is 10.2. The highest BCUT2D eigenvalue weighted by Gasteiger charge is 2.19. The molecule has 1 atom stereocenters. The maximum Gasteiger partial charge on any atom is 0.0370 e. The van der Waals surface area contributed by atoms with E-state index < -0.39 is 0 Å². The van der Waals surface area contributed by atoms with E-state index in [2.05, 4.69) is 24.0 Å². The summed E-state index contributed by atoms with van der Waals surface area (Å²) in [7, 11) is 0. The zero-order valence-corrected chi connectivity index (χ0v) is 8.03. The Morgan fingerprint density at radius 2 is 2.00 bits per heavy atom. The fourth-order valence-electron chi connectivity index (χ4n) is 1.98. The first kappa shape index (κ1) is 8.42. The van der Waals surface area contributed by atoms with Gasteiger partial charge in [0.05, 0.1) is 0 Å². The Hall–Kier alpha value is -1.18. The summed E-state index contributed by atoms with van der Waals surface area (Å²) < 4.78 is 0. The van der Waals surface area contributed by atoms with Crippen LogP contribution in [0.3, 0.4) is 0 Å². The van der Waals surface area contributed by atoms with Crippen LogP contribution >= 0.6 is 0 Å². The molecule has 1 unspecified atom stereocenters. The van der Waals surface area contributed by atoms with Crippen LogP contribution < -0.4 is 10.6 Å². The quantitative estimate of drug-likeness (QED) is 0.665. The molecule has 1 aromatic rings. The van der Waals surface area contributed by atoms with Crippen molar-refractivity contribution in [1.29, 1.82) is 0 Å². The van der Waals surface area contributed by atoms with Gasteiger partial charge in [0, 0.05) is 24.0 Å². The lowest BCUT2D eigenvalue weighted by molar-refractivity contribution is 0.735. The molecule has 1 aromatic carbocycles. The third kappa shape index (κ3) is 1.62. The summed E-state index contributed by atoms with van der Waals surface area (Å²) in [6.45, 7) is 3.47. The third-order valence-electron chi connectivity index (χ3n) is 2.78. The zero-order chi connectivity index (χ0) is 9.26. The lowest BCUT2D eigenvalue weighted by Gasteiger charge is -2.23. The van der Waals surface area contributed by atoms with Crippen molar-refractivity contribution >= 4 is 11.4 Å². The molecule has 2 rings (SSSR count). The molecule has 0 radical (unpaired) electrons. The van der Waals surface area contributed by atoms with Crippen molar-refractivity contribution in [3.63, 3.8) is 0 Å². The standard InChI is InChI=1S/C11H16N2/c1-9-3-2-8-13(9)11-6-4-10(12)5-7-11/h4-7,9H,2-3,8,12H2,1H3. The number of anilines is 2. The number of hydrogen-bond donors (Lipinski definition) is 1. The molecule has 0 aliphatic carbocycles. The summed E-state index contributed by atoms with van der Waals surface area (Å²) in [5, 5.41) is 0. The van der Waals surface area contributed by atoms with Crippen LogP contribution in [0.15, 0.2) is 24.3 Å². The topological polar surface area (TPSA) is 29.3 Å². The number of nitrogen functional groups attached to an aromatic ring is 1. The highest BCUT2D eigenvalue weighted by molar-refractivity contribution is 5.54. The van der Waals surface area contributed by atoms with Crippen molar-refractivity contribution in [1.82, 2.24) is 0 Å². The second-order valence-corrected chi connectivity index (χ2v) is 3.78. The minimum absolute atomic E-state index is 0.684. The molecule has 1 fully saturated rings. The van der Waals surface area contributed by atoms with Crippen LogP contribution in [0.5, 0.6) is 0 Å². The summed E-state index contributed by atoms with van der Waals surface area (Å²) in [5.41, 5.74) is 7.79. The highest BCUT2D eigenvalue weighted by Crippen LogP contribution is 2.25. The minimum Gasteiger partial charge on any atom is -0.399 e. The summed E-state index contributed by atoms with van der Waals surface area (Å²) >= 11 is 0. The second kappa shape index (κ2) is 3.29. The molecule has 2 nitrogen and oxygen atoms in total. The number of nitrogens with two attached hydrogens (primary N) is 1. The molecule has 0 aromatic heterocycles. The van der Waals surface area contributed by atoms with E-state index in [1.807, 2.05) is 12.1 Å². The van der Waals surface area contributed by atoms with Crippen LogP contribution in [0.25, 0.3) is 0 Å². The molecular weight excluding hydrogens is 160 g/mol. The maximum atomic E-state index is 5.64. The zero-order valence-electron chi connectivity index (χ0n) is 8.03. The van der Waals surface area contributed by atoms with Crippen LogP contribution in [0.1, 0.15) is 19.8 Å². The maximum absolute atomic E-state index is 5.64. The van der Waals surface area contributed by atoms with E-state index in [4.69, 9.17) is 5.73 Å². The normalized spacial score (nSPS) is 22.2. The van der Waals surface area contributed by atoms with Gasteiger partial charge in [-0.15, -0.1) is 0 Å². The van der Waals surface area contributed by atoms with Crippen molar-refractivity contribution in [3.05, 3.63) is 24.3 Å². The first-order valence-electron chi connectivity index (χ1n) is 4.89. The molecule has 2 N–H and O–H groups in total. The molecule has 1 aliphatic heterocycles. The molecule has 2 heteroatoms. The van der Waals surface area contributed by atoms with E-state index in [1.54, 1.807) is 0 Å². The number of nitrogens with zero attached hydrogens (tertiary/aromatic N) is 1. The Balaban J connectivity index is 2.20. The Bertz CT molecular complexity index is 279. The van der Waals surface area contributed by atoms with E-state index in [0.29, 0.717) is 6.04 Å². The van der Waals surface area contributed by atoms with Gasteiger partial charge in [-0.25, -0.2) is 0 Å². The Morgan fingerprint density at radius 1 is 1.31 bits per heavy atom. The number of benzene rings is 1. The summed E-state index contributed by atoms with van der Waals surface area (Å²) in [6, 6.07) is 8.85. The van der Waals surface area contributed by atoms with Crippen LogP contribution in [0, 0.1) is 0 Å². The van der Waals surface area contributed by atoms with Crippen molar-refractivity contribution in [2.24, 2.45) is 0 Å². The Labute approximate surface area is 79.4 Å². The lowest BCUT2D eigenvalue weighted by Crippen LogP contribution is -2.25. The first-order chi connectivity index (χ1) is 6.27. The monoisotopic (exact) mass is 176 g/mol. The molecule has 1 aliphatic rings. The van der Waals surface area contributed by atoms with Gasteiger partial charge in [-0.05, 0) is 44.0 Å². The predicted octanol–water partition coefficient (Wildman–Crippen LogP) is 2.26. The van der Waals surface area contributed by atoms with Gasteiger partial charge < -0.3 is 10.6 Å². The summed E-state index contributed by atoms with van der Waals surface area (Å²) in [6.07, 6.45) is 2.62. The molecule has 0 bridgehead atoms. The molecule has 70 valence electrons. The van der Waals surface area contributed by atoms with Crippen LogP contribution in [-0.4, -0.2) is 12.6 Å². The van der Waals surface area contributed by atoms with Gasteiger partial charge in [-0.3, -0.25) is 0 Å². The molecular formula is C11H16N2. The SMILES string of the molecule is CC1CCCN1c1ccc(N)cc1. The highest BCUT2D eigenvalue weighted by atomic mass is 15.2. The van der Waals surface area contributed by atoms with Crippen molar-refractivity contribution in [3.8, 4) is 0 Å². The van der Waals surface area contributed by atoms with E-state index in [9.17, 15) is 0 Å². The molecule has 1 saturated heterocycles.